The molecule has 0 aliphatic rings. The van der Waals surface area contributed by atoms with Gasteiger partial charge in [0.25, 0.3) is 0 Å². The van der Waals surface area contributed by atoms with Crippen LogP contribution in [0.15, 0.2) is 0 Å². The lowest BCUT2D eigenvalue weighted by molar-refractivity contribution is 0.0555. The molecule has 3 heteroatoms. The predicted molar refractivity (Wildman–Crippen MR) is 52.0 cm³/mol. The van der Waals surface area contributed by atoms with E-state index in [1.54, 1.807) is 0 Å². The second-order valence-corrected chi connectivity index (χ2v) is 3.72. The lowest BCUT2D eigenvalue weighted by atomic mass is 9.82. The number of hydrogen-bond acceptors (Lipinski definition) is 3. The number of aliphatic hydroxyl groups is 1. The van der Waals surface area contributed by atoms with E-state index in [4.69, 9.17) is 10.8 Å². The molecule has 12 heavy (non-hydrogen) atoms. The maximum Gasteiger partial charge on any atom is 0.0488 e. The molecule has 74 valence electrons. The maximum atomic E-state index is 9.13. The largest absolute Gasteiger partial charge is 0.396 e. The highest BCUT2D eigenvalue weighted by atomic mass is 16.3. The Bertz CT molecular complexity index is 124. The van der Waals surface area contributed by atoms with Gasteiger partial charge in [0.15, 0.2) is 0 Å². The second-order valence-electron chi connectivity index (χ2n) is 3.72. The van der Waals surface area contributed by atoms with Crippen LogP contribution in [0.1, 0.15) is 20.3 Å². The molecular weight excluding hydrogens is 152 g/mol. The first-order chi connectivity index (χ1) is 5.52. The highest BCUT2D eigenvalue weighted by molar-refractivity contribution is 4.89. The Morgan fingerprint density at radius 2 is 2.00 bits per heavy atom. The lowest BCUT2D eigenvalue weighted by Crippen LogP contribution is -2.51. The van der Waals surface area contributed by atoms with Gasteiger partial charge in [-0.05, 0) is 34.0 Å². The molecule has 0 unspecified atom stereocenters. The van der Waals surface area contributed by atoms with Gasteiger partial charge in [-0.1, -0.05) is 6.92 Å². The average Bonchev–Trinajstić information content (AvgIpc) is 2.05. The zero-order chi connectivity index (χ0) is 9.78. The average molecular weight is 174 g/mol. The van der Waals surface area contributed by atoms with E-state index in [1.807, 2.05) is 14.1 Å². The summed E-state index contributed by atoms with van der Waals surface area (Å²) in [6.07, 6.45) is 1.00. The molecule has 2 atom stereocenters. The van der Waals surface area contributed by atoms with Gasteiger partial charge < -0.3 is 15.7 Å². The summed E-state index contributed by atoms with van der Waals surface area (Å²) in [5.41, 5.74) is 5.61. The van der Waals surface area contributed by atoms with Gasteiger partial charge >= 0.3 is 0 Å². The van der Waals surface area contributed by atoms with Gasteiger partial charge in [0.05, 0.1) is 0 Å². The minimum Gasteiger partial charge on any atom is -0.396 e. The monoisotopic (exact) mass is 174 g/mol. The van der Waals surface area contributed by atoms with Crippen LogP contribution in [0.25, 0.3) is 0 Å². The molecule has 3 N–H and O–H groups in total. The Kier molecular flexibility index (Phi) is 4.75. The van der Waals surface area contributed by atoms with Gasteiger partial charge in [-0.2, -0.15) is 0 Å². The summed E-state index contributed by atoms with van der Waals surface area (Å²) in [6, 6.07) is 0. The van der Waals surface area contributed by atoms with Crippen LogP contribution in [0.3, 0.4) is 0 Å². The standard InChI is InChI=1S/C9H22N2O/c1-5-9(2,11(3)4)8(6-10)7-12/h8,12H,5-7,10H2,1-4H3/t8-,9-/m1/s1. The molecule has 0 aliphatic heterocycles. The molecule has 0 rings (SSSR count). The Hall–Kier alpha value is -0.120. The first-order valence-electron chi connectivity index (χ1n) is 4.51. The third-order valence-corrected chi connectivity index (χ3v) is 3.12. The van der Waals surface area contributed by atoms with Gasteiger partial charge in [0.2, 0.25) is 0 Å². The molecule has 3 nitrogen and oxygen atoms in total. The van der Waals surface area contributed by atoms with Crippen LogP contribution < -0.4 is 5.73 Å². The molecule has 0 saturated carbocycles. The van der Waals surface area contributed by atoms with Crippen molar-refractivity contribution in [2.24, 2.45) is 11.7 Å². The number of aliphatic hydroxyl groups excluding tert-OH is 1. The molecule has 0 aliphatic carbocycles. The molecule has 0 aromatic carbocycles. The zero-order valence-electron chi connectivity index (χ0n) is 8.67. The molecule has 0 amide bonds. The van der Waals surface area contributed by atoms with Gasteiger partial charge in [-0.3, -0.25) is 0 Å². The summed E-state index contributed by atoms with van der Waals surface area (Å²) in [6.45, 7) is 4.97. The van der Waals surface area contributed by atoms with Crippen molar-refractivity contribution in [3.63, 3.8) is 0 Å². The summed E-state index contributed by atoms with van der Waals surface area (Å²) < 4.78 is 0. The number of nitrogens with zero attached hydrogens (tertiary/aromatic N) is 1. The van der Waals surface area contributed by atoms with E-state index in [1.165, 1.54) is 0 Å². The Labute approximate surface area is 75.6 Å². The summed E-state index contributed by atoms with van der Waals surface area (Å²) in [5, 5.41) is 9.13. The van der Waals surface area contributed by atoms with Crippen LogP contribution in [0.4, 0.5) is 0 Å². The van der Waals surface area contributed by atoms with Crippen molar-refractivity contribution in [3.8, 4) is 0 Å². The summed E-state index contributed by atoms with van der Waals surface area (Å²) in [5.74, 6) is 0.164. The molecule has 0 aromatic heterocycles. The zero-order valence-corrected chi connectivity index (χ0v) is 8.67. The van der Waals surface area contributed by atoms with Crippen molar-refractivity contribution in [2.45, 2.75) is 25.8 Å². The van der Waals surface area contributed by atoms with E-state index < -0.39 is 0 Å². The quantitative estimate of drug-likeness (QED) is 0.629. The van der Waals surface area contributed by atoms with Crippen molar-refractivity contribution in [1.82, 2.24) is 4.90 Å². The first-order valence-corrected chi connectivity index (χ1v) is 4.51. The third-order valence-electron chi connectivity index (χ3n) is 3.12. The van der Waals surface area contributed by atoms with Crippen LogP contribution in [0.5, 0.6) is 0 Å². The molecule has 0 fully saturated rings. The fourth-order valence-corrected chi connectivity index (χ4v) is 1.50. The molecule has 0 spiro atoms. The minimum absolute atomic E-state index is 0.0174. The van der Waals surface area contributed by atoms with Crippen LogP contribution >= 0.6 is 0 Å². The Morgan fingerprint density at radius 1 is 1.50 bits per heavy atom. The highest BCUT2D eigenvalue weighted by Crippen LogP contribution is 2.25. The SMILES string of the molecule is CC[C@](C)([C@H](CN)CO)N(C)C. The van der Waals surface area contributed by atoms with Crippen molar-refractivity contribution >= 4 is 0 Å². The van der Waals surface area contributed by atoms with Crippen molar-refractivity contribution in [3.05, 3.63) is 0 Å². The van der Waals surface area contributed by atoms with E-state index in [0.717, 1.165) is 6.42 Å². The van der Waals surface area contributed by atoms with E-state index in [0.29, 0.717) is 6.54 Å². The van der Waals surface area contributed by atoms with Crippen molar-refractivity contribution in [1.29, 1.82) is 0 Å². The van der Waals surface area contributed by atoms with E-state index in [2.05, 4.69) is 18.7 Å². The third kappa shape index (κ3) is 2.19. The van der Waals surface area contributed by atoms with Gasteiger partial charge in [-0.15, -0.1) is 0 Å². The van der Waals surface area contributed by atoms with Gasteiger partial charge in [0.1, 0.15) is 0 Å². The van der Waals surface area contributed by atoms with E-state index >= 15 is 0 Å². The molecule has 0 saturated heterocycles. The Morgan fingerprint density at radius 3 is 2.08 bits per heavy atom. The Balaban J connectivity index is 4.47. The number of hydrogen-bond donors (Lipinski definition) is 2. The van der Waals surface area contributed by atoms with E-state index in [9.17, 15) is 0 Å². The van der Waals surface area contributed by atoms with Gasteiger partial charge in [-0.25, -0.2) is 0 Å². The van der Waals surface area contributed by atoms with Crippen LogP contribution in [0, 0.1) is 5.92 Å². The van der Waals surface area contributed by atoms with Crippen molar-refractivity contribution < 1.29 is 5.11 Å². The predicted octanol–water partition coefficient (Wildman–Crippen LogP) is 0.284. The first kappa shape index (κ1) is 11.9. The normalized spacial score (nSPS) is 19.2. The van der Waals surface area contributed by atoms with Crippen LogP contribution in [0.2, 0.25) is 0 Å². The highest BCUT2D eigenvalue weighted by Gasteiger charge is 2.32. The van der Waals surface area contributed by atoms with Gasteiger partial charge in [0, 0.05) is 18.1 Å². The van der Waals surface area contributed by atoms with Crippen molar-refractivity contribution in [2.75, 3.05) is 27.2 Å². The molecular formula is C9H22N2O. The fraction of sp³-hybridized carbons (Fsp3) is 1.00. The molecule has 0 heterocycles. The maximum absolute atomic E-state index is 9.13. The van der Waals surface area contributed by atoms with E-state index in [-0.39, 0.29) is 18.1 Å². The number of rotatable bonds is 5. The molecule has 0 aromatic rings. The topological polar surface area (TPSA) is 49.5 Å². The molecule has 0 bridgehead atoms. The minimum atomic E-state index is 0.0174. The lowest BCUT2D eigenvalue weighted by Gasteiger charge is -2.41. The summed E-state index contributed by atoms with van der Waals surface area (Å²) >= 11 is 0. The van der Waals surface area contributed by atoms with Crippen LogP contribution in [-0.2, 0) is 0 Å². The second kappa shape index (κ2) is 4.80. The van der Waals surface area contributed by atoms with Crippen LogP contribution in [-0.4, -0.2) is 42.8 Å². The molecule has 0 radical (unpaired) electrons. The number of nitrogens with two attached hydrogens (primary N) is 1. The summed E-state index contributed by atoms with van der Waals surface area (Å²) in [4.78, 5) is 2.14. The fourth-order valence-electron chi connectivity index (χ4n) is 1.50. The summed E-state index contributed by atoms with van der Waals surface area (Å²) in [7, 11) is 4.06. The smallest absolute Gasteiger partial charge is 0.0488 e.